The van der Waals surface area contributed by atoms with Crippen molar-refractivity contribution in [3.8, 4) is 5.88 Å². The van der Waals surface area contributed by atoms with Gasteiger partial charge in [-0.2, -0.15) is 0 Å². The Morgan fingerprint density at radius 1 is 1.00 bits per heavy atom. The monoisotopic (exact) mass is 392 g/mol. The molecule has 0 N–H and O–H groups in total. The van der Waals surface area contributed by atoms with Gasteiger partial charge in [-0.1, -0.05) is 0 Å². The number of hydrogen-bond acceptors (Lipinski definition) is 8. The van der Waals surface area contributed by atoms with E-state index in [2.05, 4.69) is 41.9 Å². The molecule has 2 aromatic heterocycles. The highest BCUT2D eigenvalue weighted by Crippen LogP contribution is 2.29. The number of aryl methyl sites for hydroxylation is 1. The zero-order valence-electron chi connectivity index (χ0n) is 16.5. The third kappa shape index (κ3) is 3.80. The molecular weight excluding hydrogens is 368 g/mol. The number of fused-ring (bicyclic) bond motifs is 1. The molecule has 150 valence electrons. The molecule has 0 aliphatic carbocycles. The maximum absolute atomic E-state index is 6.10. The zero-order chi connectivity index (χ0) is 19.6. The minimum atomic E-state index is 0.0646. The highest BCUT2D eigenvalue weighted by Gasteiger charge is 2.22. The lowest BCUT2D eigenvalue weighted by Gasteiger charge is -2.36. The highest BCUT2D eigenvalue weighted by atomic mass is 16.5. The summed E-state index contributed by atoms with van der Waals surface area (Å²) in [4.78, 5) is 22.3. The third-order valence-corrected chi connectivity index (χ3v) is 5.44. The van der Waals surface area contributed by atoms with E-state index in [0.29, 0.717) is 12.5 Å². The molecule has 3 aromatic rings. The summed E-state index contributed by atoms with van der Waals surface area (Å²) in [5.41, 5.74) is 3.13. The molecule has 1 unspecified atom stereocenters. The summed E-state index contributed by atoms with van der Waals surface area (Å²) < 4.78 is 11.5. The van der Waals surface area contributed by atoms with Crippen LogP contribution in [0.2, 0.25) is 0 Å². The molecule has 1 atom stereocenters. The molecular formula is C21H24N6O2. The van der Waals surface area contributed by atoms with E-state index in [1.807, 2.05) is 25.4 Å². The summed E-state index contributed by atoms with van der Waals surface area (Å²) >= 11 is 0. The van der Waals surface area contributed by atoms with Gasteiger partial charge in [0, 0.05) is 50.7 Å². The number of piperazine rings is 1. The van der Waals surface area contributed by atoms with Gasteiger partial charge in [-0.3, -0.25) is 0 Å². The molecule has 2 aliphatic heterocycles. The van der Waals surface area contributed by atoms with Gasteiger partial charge >= 0.3 is 0 Å². The first-order valence-corrected chi connectivity index (χ1v) is 10.0. The van der Waals surface area contributed by atoms with Crippen molar-refractivity contribution in [2.75, 3.05) is 49.2 Å². The molecule has 0 spiro atoms. The first-order valence-electron chi connectivity index (χ1n) is 10.0. The Labute approximate surface area is 169 Å². The normalized spacial score (nSPS) is 19.7. The first kappa shape index (κ1) is 18.1. The number of hydrogen-bond donors (Lipinski definition) is 0. The average Bonchev–Trinajstić information content (AvgIpc) is 3.28. The van der Waals surface area contributed by atoms with Gasteiger partial charge in [-0.25, -0.2) is 19.9 Å². The summed E-state index contributed by atoms with van der Waals surface area (Å²) in [7, 11) is 0. The summed E-state index contributed by atoms with van der Waals surface area (Å²) in [6.07, 6.45) is 6.26. The van der Waals surface area contributed by atoms with Gasteiger partial charge in [0.25, 0.3) is 0 Å². The third-order valence-electron chi connectivity index (χ3n) is 5.44. The van der Waals surface area contributed by atoms with Crippen molar-refractivity contribution in [3.05, 3.63) is 42.5 Å². The Balaban J connectivity index is 1.33. The van der Waals surface area contributed by atoms with Crippen molar-refractivity contribution in [2.45, 2.75) is 19.4 Å². The number of ether oxygens (including phenoxy) is 2. The number of benzene rings is 1. The lowest BCUT2D eigenvalue weighted by atomic mass is 10.2. The predicted octanol–water partition coefficient (Wildman–Crippen LogP) is 2.22. The molecule has 0 bridgehead atoms. The summed E-state index contributed by atoms with van der Waals surface area (Å²) in [6.45, 7) is 6.95. The molecule has 1 aromatic carbocycles. The van der Waals surface area contributed by atoms with E-state index in [4.69, 9.17) is 9.47 Å². The smallest absolute Gasteiger partial charge is 0.225 e. The van der Waals surface area contributed by atoms with Crippen LogP contribution in [0.5, 0.6) is 5.88 Å². The van der Waals surface area contributed by atoms with Crippen molar-refractivity contribution >= 4 is 22.5 Å². The van der Waals surface area contributed by atoms with Gasteiger partial charge in [0.15, 0.2) is 0 Å². The van der Waals surface area contributed by atoms with Crippen molar-refractivity contribution < 1.29 is 9.47 Å². The van der Waals surface area contributed by atoms with Crippen LogP contribution in [0, 0.1) is 6.92 Å². The Bertz CT molecular complexity index is 982. The molecule has 2 fully saturated rings. The predicted molar refractivity (Wildman–Crippen MR) is 111 cm³/mol. The topological polar surface area (TPSA) is 76.5 Å². The molecule has 0 amide bonds. The average molecular weight is 392 g/mol. The molecule has 2 saturated heterocycles. The maximum Gasteiger partial charge on any atom is 0.225 e. The van der Waals surface area contributed by atoms with Crippen LogP contribution in [-0.4, -0.2) is 65.4 Å². The van der Waals surface area contributed by atoms with Crippen molar-refractivity contribution in [1.82, 2.24) is 19.9 Å². The fourth-order valence-corrected chi connectivity index (χ4v) is 3.79. The van der Waals surface area contributed by atoms with Crippen molar-refractivity contribution in [1.29, 1.82) is 0 Å². The lowest BCUT2D eigenvalue weighted by molar-refractivity contribution is 0.139. The van der Waals surface area contributed by atoms with Gasteiger partial charge in [0.2, 0.25) is 11.8 Å². The van der Waals surface area contributed by atoms with Crippen LogP contribution in [0.4, 0.5) is 11.6 Å². The summed E-state index contributed by atoms with van der Waals surface area (Å²) in [5.74, 6) is 1.44. The van der Waals surface area contributed by atoms with Crippen LogP contribution in [0.25, 0.3) is 10.9 Å². The minimum absolute atomic E-state index is 0.0646. The second-order valence-corrected chi connectivity index (χ2v) is 7.52. The van der Waals surface area contributed by atoms with Crippen molar-refractivity contribution in [3.63, 3.8) is 0 Å². The fourth-order valence-electron chi connectivity index (χ4n) is 3.79. The Morgan fingerprint density at radius 2 is 1.79 bits per heavy atom. The molecule has 0 radical (unpaired) electrons. The van der Waals surface area contributed by atoms with Crippen LogP contribution in [0.15, 0.2) is 36.9 Å². The van der Waals surface area contributed by atoms with E-state index in [9.17, 15) is 0 Å². The van der Waals surface area contributed by atoms with E-state index < -0.39 is 0 Å². The highest BCUT2D eigenvalue weighted by molar-refractivity contribution is 5.86. The summed E-state index contributed by atoms with van der Waals surface area (Å²) in [6, 6.07) is 6.30. The molecule has 0 saturated carbocycles. The van der Waals surface area contributed by atoms with Crippen LogP contribution in [-0.2, 0) is 4.74 Å². The Morgan fingerprint density at radius 3 is 2.55 bits per heavy atom. The van der Waals surface area contributed by atoms with Gasteiger partial charge in [0.1, 0.15) is 12.4 Å². The fraction of sp³-hybridized carbons (Fsp3) is 0.429. The number of nitrogens with zero attached hydrogens (tertiary/aromatic N) is 6. The lowest BCUT2D eigenvalue weighted by Crippen LogP contribution is -2.47. The maximum atomic E-state index is 6.10. The van der Waals surface area contributed by atoms with Crippen LogP contribution in [0.3, 0.4) is 0 Å². The number of aromatic nitrogens is 4. The molecule has 5 rings (SSSR count). The van der Waals surface area contributed by atoms with E-state index in [1.165, 1.54) is 0 Å². The molecule has 2 aliphatic rings. The Hall–Kier alpha value is -3.00. The van der Waals surface area contributed by atoms with Crippen molar-refractivity contribution in [2.24, 2.45) is 0 Å². The van der Waals surface area contributed by atoms with Gasteiger partial charge < -0.3 is 19.3 Å². The second kappa shape index (κ2) is 7.79. The molecule has 8 nitrogen and oxygen atoms in total. The van der Waals surface area contributed by atoms with Crippen LogP contribution in [0.1, 0.15) is 12.0 Å². The SMILES string of the molecule is Cc1cnc(N2CCN(c3ccc4ncnc(OC5CCOC5)c4c3)CC2)nc1. The number of anilines is 2. The molecule has 29 heavy (non-hydrogen) atoms. The van der Waals surface area contributed by atoms with Gasteiger partial charge in [-0.15, -0.1) is 0 Å². The molecule has 8 heteroatoms. The van der Waals surface area contributed by atoms with E-state index in [1.54, 1.807) is 6.33 Å². The van der Waals surface area contributed by atoms with Gasteiger partial charge in [-0.05, 0) is 30.7 Å². The van der Waals surface area contributed by atoms with E-state index in [0.717, 1.165) is 67.3 Å². The van der Waals surface area contributed by atoms with E-state index in [-0.39, 0.29) is 6.10 Å². The minimum Gasteiger partial charge on any atom is -0.471 e. The molecule has 4 heterocycles. The quantitative estimate of drug-likeness (QED) is 0.669. The van der Waals surface area contributed by atoms with Gasteiger partial charge in [0.05, 0.1) is 24.1 Å². The number of rotatable bonds is 4. The second-order valence-electron chi connectivity index (χ2n) is 7.52. The van der Waals surface area contributed by atoms with Crippen LogP contribution >= 0.6 is 0 Å². The summed E-state index contributed by atoms with van der Waals surface area (Å²) in [5, 5.41) is 0.946. The zero-order valence-corrected chi connectivity index (χ0v) is 16.5. The Kier molecular flexibility index (Phi) is 4.85. The largest absolute Gasteiger partial charge is 0.471 e. The first-order chi connectivity index (χ1) is 14.3. The van der Waals surface area contributed by atoms with E-state index >= 15 is 0 Å². The standard InChI is InChI=1S/C21H24N6O2/c1-15-11-22-21(23-12-15)27-7-5-26(6-8-27)16-2-3-19-18(10-16)20(25-14-24-19)29-17-4-9-28-13-17/h2-3,10-12,14,17H,4-9,13H2,1H3. The van der Waals surface area contributed by atoms with Crippen LogP contribution < -0.4 is 14.5 Å².